The van der Waals surface area contributed by atoms with Crippen molar-refractivity contribution < 1.29 is 4.74 Å². The summed E-state index contributed by atoms with van der Waals surface area (Å²) in [7, 11) is 1.65. The number of aromatic amines is 1. The summed E-state index contributed by atoms with van der Waals surface area (Å²) in [6, 6.07) is 17.5. The predicted octanol–water partition coefficient (Wildman–Crippen LogP) is 2.77. The molecule has 0 unspecified atom stereocenters. The van der Waals surface area contributed by atoms with Crippen LogP contribution in [0.15, 0.2) is 65.6 Å². The van der Waals surface area contributed by atoms with Crippen LogP contribution in [0.4, 0.5) is 5.95 Å². The zero-order valence-electron chi connectivity index (χ0n) is 14.8. The summed E-state index contributed by atoms with van der Waals surface area (Å²) in [5.41, 5.74) is 2.30. The first kappa shape index (κ1) is 16.8. The second kappa shape index (κ2) is 7.33. The highest BCUT2D eigenvalue weighted by Crippen LogP contribution is 2.15. The van der Waals surface area contributed by atoms with Crippen LogP contribution in [-0.4, -0.2) is 33.4 Å². The van der Waals surface area contributed by atoms with Crippen LogP contribution in [0.25, 0.3) is 16.7 Å². The lowest BCUT2D eigenvalue weighted by Crippen LogP contribution is -2.15. The van der Waals surface area contributed by atoms with E-state index in [4.69, 9.17) is 4.74 Å². The van der Waals surface area contributed by atoms with Gasteiger partial charge in [0, 0.05) is 6.54 Å². The molecule has 0 bridgehead atoms. The summed E-state index contributed by atoms with van der Waals surface area (Å²) in [5.74, 6) is 1.25. The van der Waals surface area contributed by atoms with Crippen LogP contribution >= 0.6 is 0 Å². The molecule has 27 heavy (non-hydrogen) atoms. The maximum atomic E-state index is 12.4. The van der Waals surface area contributed by atoms with Crippen LogP contribution in [-0.2, 0) is 6.42 Å². The van der Waals surface area contributed by atoms with Crippen LogP contribution in [0.2, 0.25) is 0 Å². The second-order valence-corrected chi connectivity index (χ2v) is 6.07. The molecule has 0 saturated heterocycles. The predicted molar refractivity (Wildman–Crippen MR) is 105 cm³/mol. The van der Waals surface area contributed by atoms with E-state index in [0.717, 1.165) is 23.4 Å². The van der Waals surface area contributed by atoms with Crippen molar-refractivity contribution in [3.8, 4) is 11.4 Å². The van der Waals surface area contributed by atoms with Gasteiger partial charge in [-0.2, -0.15) is 10.1 Å². The van der Waals surface area contributed by atoms with Gasteiger partial charge >= 0.3 is 0 Å². The van der Waals surface area contributed by atoms with Gasteiger partial charge in [-0.15, -0.1) is 0 Å². The number of H-pyrrole nitrogens is 1. The Labute approximate surface area is 155 Å². The highest BCUT2D eigenvalue weighted by atomic mass is 16.5. The van der Waals surface area contributed by atoms with E-state index < -0.39 is 0 Å². The maximum Gasteiger partial charge on any atom is 0.263 e. The lowest BCUT2D eigenvalue weighted by molar-refractivity contribution is 0.414. The first-order chi connectivity index (χ1) is 13.2. The van der Waals surface area contributed by atoms with Gasteiger partial charge < -0.3 is 10.1 Å². The van der Waals surface area contributed by atoms with Gasteiger partial charge in [0.05, 0.1) is 19.0 Å². The fourth-order valence-corrected chi connectivity index (χ4v) is 2.91. The number of aromatic nitrogens is 4. The summed E-state index contributed by atoms with van der Waals surface area (Å²) in [6.45, 7) is 0.626. The van der Waals surface area contributed by atoms with Crippen LogP contribution in [0, 0.1) is 0 Å². The number of nitrogens with one attached hydrogen (secondary N) is 2. The van der Waals surface area contributed by atoms with Crippen molar-refractivity contribution in [2.75, 3.05) is 19.0 Å². The fourth-order valence-electron chi connectivity index (χ4n) is 2.91. The van der Waals surface area contributed by atoms with E-state index in [9.17, 15) is 4.79 Å². The lowest BCUT2D eigenvalue weighted by atomic mass is 10.1. The number of fused-ring (bicyclic) bond motifs is 1. The third-order valence-corrected chi connectivity index (χ3v) is 4.28. The van der Waals surface area contributed by atoms with Crippen LogP contribution in [0.3, 0.4) is 0 Å². The zero-order valence-corrected chi connectivity index (χ0v) is 14.8. The molecule has 0 spiro atoms. The number of nitrogens with zero attached hydrogens (tertiary/aromatic N) is 3. The van der Waals surface area contributed by atoms with Crippen LogP contribution < -0.4 is 15.6 Å². The van der Waals surface area contributed by atoms with E-state index in [2.05, 4.69) is 20.4 Å². The SMILES string of the molecule is COc1cccc(CCNc2nc3c(cnn3-c3ccccc3)c(=O)[nH]2)c1. The Hall–Kier alpha value is -3.61. The van der Waals surface area contributed by atoms with Crippen molar-refractivity contribution in [2.24, 2.45) is 0 Å². The Morgan fingerprint density at radius 3 is 2.81 bits per heavy atom. The molecule has 2 heterocycles. The highest BCUT2D eigenvalue weighted by Gasteiger charge is 2.11. The molecule has 0 aliphatic heterocycles. The van der Waals surface area contributed by atoms with Gasteiger partial charge in [-0.25, -0.2) is 4.68 Å². The third kappa shape index (κ3) is 3.52. The molecule has 0 saturated carbocycles. The van der Waals surface area contributed by atoms with E-state index in [1.807, 2.05) is 54.6 Å². The molecule has 2 N–H and O–H groups in total. The molecular formula is C20H19N5O2. The topological polar surface area (TPSA) is 84.8 Å². The number of ether oxygens (including phenoxy) is 1. The maximum absolute atomic E-state index is 12.4. The Kier molecular flexibility index (Phi) is 4.57. The van der Waals surface area contributed by atoms with Crippen molar-refractivity contribution in [1.29, 1.82) is 0 Å². The van der Waals surface area contributed by atoms with E-state index in [1.54, 1.807) is 11.8 Å². The fraction of sp³-hybridized carbons (Fsp3) is 0.150. The average molecular weight is 361 g/mol. The lowest BCUT2D eigenvalue weighted by Gasteiger charge is -2.08. The quantitative estimate of drug-likeness (QED) is 0.552. The largest absolute Gasteiger partial charge is 0.497 e. The molecule has 0 amide bonds. The molecule has 136 valence electrons. The molecule has 0 fully saturated rings. The van der Waals surface area contributed by atoms with Gasteiger partial charge in [-0.3, -0.25) is 9.78 Å². The number of anilines is 1. The summed E-state index contributed by atoms with van der Waals surface area (Å²) in [5, 5.41) is 7.95. The summed E-state index contributed by atoms with van der Waals surface area (Å²) in [4.78, 5) is 19.7. The Morgan fingerprint density at radius 2 is 2.00 bits per heavy atom. The molecule has 2 aromatic heterocycles. The molecular weight excluding hydrogens is 342 g/mol. The van der Waals surface area contributed by atoms with Crippen molar-refractivity contribution in [3.63, 3.8) is 0 Å². The molecule has 0 atom stereocenters. The van der Waals surface area contributed by atoms with Crippen molar-refractivity contribution in [2.45, 2.75) is 6.42 Å². The third-order valence-electron chi connectivity index (χ3n) is 4.28. The van der Waals surface area contributed by atoms with Crippen LogP contribution in [0.1, 0.15) is 5.56 Å². The number of hydrogen-bond donors (Lipinski definition) is 2. The van der Waals surface area contributed by atoms with Gasteiger partial charge in [0.2, 0.25) is 5.95 Å². The van der Waals surface area contributed by atoms with Gasteiger partial charge in [0.1, 0.15) is 11.1 Å². The minimum absolute atomic E-state index is 0.217. The first-order valence-corrected chi connectivity index (χ1v) is 8.65. The highest BCUT2D eigenvalue weighted by molar-refractivity contribution is 5.76. The Bertz CT molecular complexity index is 1120. The van der Waals surface area contributed by atoms with E-state index >= 15 is 0 Å². The second-order valence-electron chi connectivity index (χ2n) is 6.07. The standard InChI is InChI=1S/C20H19N5O2/c1-27-16-9-5-6-14(12-16)10-11-21-20-23-18-17(19(26)24-20)13-22-25(18)15-7-3-2-4-8-15/h2-9,12-13H,10-11H2,1H3,(H2,21,23,24,26). The minimum atomic E-state index is -0.217. The van der Waals surface area contributed by atoms with Crippen molar-refractivity contribution in [3.05, 3.63) is 76.7 Å². The van der Waals surface area contributed by atoms with E-state index in [-0.39, 0.29) is 5.56 Å². The smallest absolute Gasteiger partial charge is 0.263 e. The van der Waals surface area contributed by atoms with E-state index in [1.165, 1.54) is 6.20 Å². The van der Waals surface area contributed by atoms with Gasteiger partial charge in [0.25, 0.3) is 5.56 Å². The minimum Gasteiger partial charge on any atom is -0.497 e. The number of methoxy groups -OCH3 is 1. The summed E-state index contributed by atoms with van der Waals surface area (Å²) < 4.78 is 6.90. The normalized spacial score (nSPS) is 10.9. The first-order valence-electron chi connectivity index (χ1n) is 8.65. The molecule has 0 aliphatic carbocycles. The molecule has 2 aromatic carbocycles. The average Bonchev–Trinajstić information content (AvgIpc) is 3.13. The molecule has 0 radical (unpaired) electrons. The zero-order chi connectivity index (χ0) is 18.6. The Morgan fingerprint density at radius 1 is 1.15 bits per heavy atom. The van der Waals surface area contributed by atoms with E-state index in [0.29, 0.717) is 23.5 Å². The van der Waals surface area contributed by atoms with Crippen molar-refractivity contribution >= 4 is 17.0 Å². The van der Waals surface area contributed by atoms with Gasteiger partial charge in [-0.05, 0) is 36.2 Å². The monoisotopic (exact) mass is 361 g/mol. The number of benzene rings is 2. The molecule has 4 rings (SSSR count). The molecule has 7 heteroatoms. The Balaban J connectivity index is 1.56. The van der Waals surface area contributed by atoms with Crippen molar-refractivity contribution in [1.82, 2.24) is 19.7 Å². The number of rotatable bonds is 6. The summed E-state index contributed by atoms with van der Waals surface area (Å²) in [6.07, 6.45) is 2.31. The van der Waals surface area contributed by atoms with Gasteiger partial charge in [0.15, 0.2) is 5.65 Å². The molecule has 4 aromatic rings. The van der Waals surface area contributed by atoms with Crippen LogP contribution in [0.5, 0.6) is 5.75 Å². The summed E-state index contributed by atoms with van der Waals surface area (Å²) >= 11 is 0. The number of hydrogen-bond acceptors (Lipinski definition) is 5. The molecule has 7 nitrogen and oxygen atoms in total. The molecule has 0 aliphatic rings. The van der Waals surface area contributed by atoms with Gasteiger partial charge in [-0.1, -0.05) is 30.3 Å². The number of para-hydroxylation sites is 1.